The molecule has 1 aromatic carbocycles. The van der Waals surface area contributed by atoms with E-state index in [0.29, 0.717) is 6.54 Å². The Morgan fingerprint density at radius 1 is 1.53 bits per heavy atom. The highest BCUT2D eigenvalue weighted by molar-refractivity contribution is 14.1. The summed E-state index contributed by atoms with van der Waals surface area (Å²) in [4.78, 5) is 2.21. The molecule has 0 radical (unpaired) electrons. The monoisotopic (exact) mass is 318 g/mol. The van der Waals surface area contributed by atoms with Crippen molar-refractivity contribution in [1.82, 2.24) is 0 Å². The van der Waals surface area contributed by atoms with Gasteiger partial charge in [-0.25, -0.2) is 0 Å². The molecule has 1 aliphatic heterocycles. The Labute approximate surface area is 103 Å². The van der Waals surface area contributed by atoms with Gasteiger partial charge in [-0.3, -0.25) is 0 Å². The standard InChI is InChI=1S/C11H15IN2O/c1-11(15)4-5-14(7-11)10-3-2-8(13)6-9(10)12/h2-3,6,15H,4-5,7,13H2,1H3. The molecule has 0 saturated carbocycles. The van der Waals surface area contributed by atoms with Crippen LogP contribution < -0.4 is 10.6 Å². The summed E-state index contributed by atoms with van der Waals surface area (Å²) in [6.45, 7) is 3.50. The van der Waals surface area contributed by atoms with Crippen molar-refractivity contribution in [2.45, 2.75) is 18.9 Å². The minimum Gasteiger partial charge on any atom is -0.399 e. The summed E-state index contributed by atoms with van der Waals surface area (Å²) in [7, 11) is 0. The molecular weight excluding hydrogens is 303 g/mol. The van der Waals surface area contributed by atoms with Crippen LogP contribution in [-0.4, -0.2) is 23.8 Å². The zero-order valence-corrected chi connectivity index (χ0v) is 10.9. The lowest BCUT2D eigenvalue weighted by molar-refractivity contribution is 0.0839. The van der Waals surface area contributed by atoms with Gasteiger partial charge in [0.25, 0.3) is 0 Å². The molecule has 0 bridgehead atoms. The minimum absolute atomic E-state index is 0.551. The number of anilines is 2. The van der Waals surface area contributed by atoms with E-state index in [1.807, 2.05) is 25.1 Å². The van der Waals surface area contributed by atoms with Gasteiger partial charge in [0.05, 0.1) is 11.3 Å². The molecule has 1 fully saturated rings. The second-order valence-electron chi connectivity index (χ2n) is 4.38. The zero-order valence-electron chi connectivity index (χ0n) is 8.70. The first-order valence-electron chi connectivity index (χ1n) is 5.00. The molecular formula is C11H15IN2O. The quantitative estimate of drug-likeness (QED) is 0.614. The molecule has 1 atom stereocenters. The number of nitrogens with zero attached hydrogens (tertiary/aromatic N) is 1. The second kappa shape index (κ2) is 3.83. The molecule has 1 saturated heterocycles. The van der Waals surface area contributed by atoms with Crippen molar-refractivity contribution in [3.05, 3.63) is 21.8 Å². The predicted molar refractivity (Wildman–Crippen MR) is 71.0 cm³/mol. The van der Waals surface area contributed by atoms with Gasteiger partial charge < -0.3 is 15.7 Å². The highest BCUT2D eigenvalue weighted by Gasteiger charge is 2.31. The van der Waals surface area contributed by atoms with E-state index in [-0.39, 0.29) is 0 Å². The number of aliphatic hydroxyl groups is 1. The average molecular weight is 318 g/mol. The van der Waals surface area contributed by atoms with Gasteiger partial charge in [0.15, 0.2) is 0 Å². The zero-order chi connectivity index (χ0) is 11.1. The van der Waals surface area contributed by atoms with Crippen LogP contribution >= 0.6 is 22.6 Å². The first-order chi connectivity index (χ1) is 6.98. The molecule has 0 aromatic heterocycles. The van der Waals surface area contributed by atoms with E-state index in [1.165, 1.54) is 5.69 Å². The highest BCUT2D eigenvalue weighted by Crippen LogP contribution is 2.30. The fraction of sp³-hybridized carbons (Fsp3) is 0.455. The van der Waals surface area contributed by atoms with Crippen LogP contribution in [0.3, 0.4) is 0 Å². The van der Waals surface area contributed by atoms with Crippen LogP contribution in [0.1, 0.15) is 13.3 Å². The van der Waals surface area contributed by atoms with Crippen LogP contribution in [0.15, 0.2) is 18.2 Å². The van der Waals surface area contributed by atoms with E-state index in [1.54, 1.807) is 0 Å². The molecule has 1 unspecified atom stereocenters. The lowest BCUT2D eigenvalue weighted by atomic mass is 10.1. The molecule has 3 nitrogen and oxygen atoms in total. The van der Waals surface area contributed by atoms with E-state index in [0.717, 1.165) is 22.2 Å². The van der Waals surface area contributed by atoms with Crippen molar-refractivity contribution in [3.63, 3.8) is 0 Å². The fourth-order valence-corrected chi connectivity index (χ4v) is 2.81. The molecule has 82 valence electrons. The molecule has 15 heavy (non-hydrogen) atoms. The molecule has 0 amide bonds. The Kier molecular flexibility index (Phi) is 2.81. The fourth-order valence-electron chi connectivity index (χ4n) is 1.93. The molecule has 1 heterocycles. The molecule has 0 spiro atoms. The van der Waals surface area contributed by atoms with Crippen LogP contribution in [0.2, 0.25) is 0 Å². The molecule has 2 rings (SSSR count). The summed E-state index contributed by atoms with van der Waals surface area (Å²) in [6.07, 6.45) is 0.827. The summed E-state index contributed by atoms with van der Waals surface area (Å²) < 4.78 is 1.14. The van der Waals surface area contributed by atoms with E-state index in [4.69, 9.17) is 5.73 Å². The van der Waals surface area contributed by atoms with Gasteiger partial charge >= 0.3 is 0 Å². The van der Waals surface area contributed by atoms with Crippen LogP contribution in [-0.2, 0) is 0 Å². The van der Waals surface area contributed by atoms with Crippen LogP contribution in [0.25, 0.3) is 0 Å². The molecule has 1 aromatic rings. The number of benzene rings is 1. The third-order valence-corrected chi connectivity index (χ3v) is 3.63. The summed E-state index contributed by atoms with van der Waals surface area (Å²) in [5.74, 6) is 0. The van der Waals surface area contributed by atoms with Gasteiger partial charge in [0, 0.05) is 22.3 Å². The predicted octanol–water partition coefficient (Wildman–Crippen LogP) is 1.83. The molecule has 1 aliphatic rings. The van der Waals surface area contributed by atoms with Crippen molar-refractivity contribution >= 4 is 34.0 Å². The average Bonchev–Trinajstić information content (AvgIpc) is 2.46. The van der Waals surface area contributed by atoms with Crippen molar-refractivity contribution in [2.24, 2.45) is 0 Å². The Morgan fingerprint density at radius 3 is 2.80 bits per heavy atom. The second-order valence-corrected chi connectivity index (χ2v) is 5.54. The smallest absolute Gasteiger partial charge is 0.0810 e. The largest absolute Gasteiger partial charge is 0.399 e. The maximum atomic E-state index is 9.90. The van der Waals surface area contributed by atoms with Gasteiger partial charge in [-0.05, 0) is 54.1 Å². The number of β-amino-alcohol motifs (C(OH)–C–C–N with tert-alkyl or cyclic N) is 1. The number of nitrogens with two attached hydrogens (primary N) is 1. The number of nitrogen functional groups attached to an aromatic ring is 1. The summed E-state index contributed by atoms with van der Waals surface area (Å²) in [6, 6.07) is 5.89. The Balaban J connectivity index is 2.24. The van der Waals surface area contributed by atoms with Crippen LogP contribution in [0.4, 0.5) is 11.4 Å². The van der Waals surface area contributed by atoms with Gasteiger partial charge in [-0.1, -0.05) is 0 Å². The van der Waals surface area contributed by atoms with E-state index >= 15 is 0 Å². The van der Waals surface area contributed by atoms with Crippen LogP contribution in [0.5, 0.6) is 0 Å². The highest BCUT2D eigenvalue weighted by atomic mass is 127. The normalized spacial score (nSPS) is 25.9. The van der Waals surface area contributed by atoms with Crippen molar-refractivity contribution < 1.29 is 5.11 Å². The lowest BCUT2D eigenvalue weighted by Gasteiger charge is -2.22. The van der Waals surface area contributed by atoms with Gasteiger partial charge in [-0.2, -0.15) is 0 Å². The van der Waals surface area contributed by atoms with Crippen molar-refractivity contribution in [1.29, 1.82) is 0 Å². The van der Waals surface area contributed by atoms with E-state index in [9.17, 15) is 5.11 Å². The van der Waals surface area contributed by atoms with E-state index in [2.05, 4.69) is 27.5 Å². The lowest BCUT2D eigenvalue weighted by Crippen LogP contribution is -2.29. The number of hydrogen-bond acceptors (Lipinski definition) is 3. The Hall–Kier alpha value is -0.490. The number of halogens is 1. The van der Waals surface area contributed by atoms with Crippen molar-refractivity contribution in [2.75, 3.05) is 23.7 Å². The number of rotatable bonds is 1. The van der Waals surface area contributed by atoms with Gasteiger partial charge in [0.1, 0.15) is 0 Å². The summed E-state index contributed by atoms with van der Waals surface area (Å²) in [5, 5.41) is 9.90. The summed E-state index contributed by atoms with van der Waals surface area (Å²) in [5.41, 5.74) is 7.11. The molecule has 0 aliphatic carbocycles. The Morgan fingerprint density at radius 2 is 2.27 bits per heavy atom. The van der Waals surface area contributed by atoms with Gasteiger partial charge in [-0.15, -0.1) is 0 Å². The third-order valence-electron chi connectivity index (χ3n) is 2.76. The molecule has 4 heteroatoms. The van der Waals surface area contributed by atoms with Crippen LogP contribution in [0, 0.1) is 3.57 Å². The van der Waals surface area contributed by atoms with Gasteiger partial charge in [0.2, 0.25) is 0 Å². The first-order valence-corrected chi connectivity index (χ1v) is 6.08. The molecule has 3 N–H and O–H groups in total. The SMILES string of the molecule is CC1(O)CCN(c2ccc(N)cc2I)C1. The van der Waals surface area contributed by atoms with E-state index < -0.39 is 5.60 Å². The Bertz CT molecular complexity index is 379. The number of hydrogen-bond donors (Lipinski definition) is 2. The maximum Gasteiger partial charge on any atom is 0.0810 e. The van der Waals surface area contributed by atoms with Crippen molar-refractivity contribution in [3.8, 4) is 0 Å². The third kappa shape index (κ3) is 2.36. The maximum absolute atomic E-state index is 9.90. The first kappa shape index (κ1) is 11.0. The summed E-state index contributed by atoms with van der Waals surface area (Å²) >= 11 is 2.28. The minimum atomic E-state index is -0.551. The topological polar surface area (TPSA) is 49.5 Å².